The molecular formula is C28H29N7O3S. The number of hydrogen-bond acceptors (Lipinski definition) is 8. The lowest BCUT2D eigenvalue weighted by molar-refractivity contribution is 0.262. The van der Waals surface area contributed by atoms with E-state index in [9.17, 15) is 9.00 Å². The van der Waals surface area contributed by atoms with Gasteiger partial charge in [0.05, 0.1) is 16.8 Å². The molecule has 11 heteroatoms. The van der Waals surface area contributed by atoms with Crippen LogP contribution in [0.15, 0.2) is 83.9 Å². The highest BCUT2D eigenvalue weighted by molar-refractivity contribution is 7.92. The van der Waals surface area contributed by atoms with Crippen LogP contribution < -0.4 is 26.0 Å². The largest absolute Gasteiger partial charge is 0.497 e. The molecule has 5 N–H and O–H groups in total. The van der Waals surface area contributed by atoms with Gasteiger partial charge in [0.2, 0.25) is 5.95 Å². The quantitative estimate of drug-likeness (QED) is 0.208. The Morgan fingerprint density at radius 1 is 1.00 bits per heavy atom. The van der Waals surface area contributed by atoms with Crippen LogP contribution in [-0.4, -0.2) is 39.6 Å². The van der Waals surface area contributed by atoms with Crippen molar-refractivity contribution in [3.8, 4) is 16.9 Å². The van der Waals surface area contributed by atoms with Gasteiger partial charge in [-0.3, -0.25) is 0 Å². The molecule has 0 saturated heterocycles. The summed E-state index contributed by atoms with van der Waals surface area (Å²) in [5.41, 5.74) is 3.61. The Morgan fingerprint density at radius 3 is 2.62 bits per heavy atom. The standard InChI is InChI=1S/C28H29N7O3S/c1-38-23-8-4-6-21(16-23)34-28(36)33-20-12-10-19(11-13-20)25-18-31-27-32-22-7-5-9-24(17-22)39(29,37)15-3-2-14-30-26(25)35-27/h4-13,16-18,29H,2-3,14-15H2,1H3,(H2,33,34,36)(H2,30,31,32,35). The van der Waals surface area contributed by atoms with Gasteiger partial charge in [-0.2, -0.15) is 4.98 Å². The molecule has 10 nitrogen and oxygen atoms in total. The molecule has 5 rings (SSSR count). The zero-order valence-corrected chi connectivity index (χ0v) is 22.2. The predicted molar refractivity (Wildman–Crippen MR) is 155 cm³/mol. The van der Waals surface area contributed by atoms with Gasteiger partial charge in [0.25, 0.3) is 0 Å². The molecule has 1 atom stereocenters. The van der Waals surface area contributed by atoms with Crippen molar-refractivity contribution in [2.45, 2.75) is 17.7 Å². The Balaban J connectivity index is 1.33. The number of urea groups is 1. The third-order valence-corrected chi connectivity index (χ3v) is 8.07. The highest BCUT2D eigenvalue weighted by Crippen LogP contribution is 2.30. The summed E-state index contributed by atoms with van der Waals surface area (Å²) in [5.74, 6) is 2.00. The van der Waals surface area contributed by atoms with Gasteiger partial charge in [-0.25, -0.2) is 18.8 Å². The fourth-order valence-electron chi connectivity index (χ4n) is 4.18. The Kier molecular flexibility index (Phi) is 7.60. The SMILES string of the molecule is COc1cccc(NC(=O)Nc2ccc(-c3cnc4nc3NCCCCS(=N)(=O)c3cccc(c3)N4)cc2)c1. The molecule has 2 amide bonds. The van der Waals surface area contributed by atoms with Gasteiger partial charge in [-0.05, 0) is 60.9 Å². The number of amides is 2. The summed E-state index contributed by atoms with van der Waals surface area (Å²) in [6.45, 7) is 0.612. The fraction of sp³-hybridized carbons (Fsp3) is 0.179. The van der Waals surface area contributed by atoms with E-state index in [1.165, 1.54) is 0 Å². The summed E-state index contributed by atoms with van der Waals surface area (Å²) in [6, 6.07) is 21.3. The molecule has 39 heavy (non-hydrogen) atoms. The van der Waals surface area contributed by atoms with E-state index >= 15 is 0 Å². The van der Waals surface area contributed by atoms with Crippen molar-refractivity contribution in [3.63, 3.8) is 0 Å². The van der Waals surface area contributed by atoms with E-state index in [1.807, 2.05) is 30.3 Å². The monoisotopic (exact) mass is 543 g/mol. The molecule has 1 aliphatic heterocycles. The number of nitrogens with zero attached hydrogens (tertiary/aromatic N) is 2. The van der Waals surface area contributed by atoms with Crippen LogP contribution in [0.1, 0.15) is 12.8 Å². The average Bonchev–Trinajstić information content (AvgIpc) is 2.94. The predicted octanol–water partition coefficient (Wildman–Crippen LogP) is 6.15. The second-order valence-corrected chi connectivity index (χ2v) is 11.2. The second-order valence-electron chi connectivity index (χ2n) is 9.01. The smallest absolute Gasteiger partial charge is 0.323 e. The molecule has 3 aromatic carbocycles. The summed E-state index contributed by atoms with van der Waals surface area (Å²) >= 11 is 0. The van der Waals surface area contributed by atoms with E-state index in [0.29, 0.717) is 58.2 Å². The van der Waals surface area contributed by atoms with Crippen LogP contribution in [0.5, 0.6) is 5.75 Å². The number of rotatable bonds is 4. The highest BCUT2D eigenvalue weighted by atomic mass is 32.2. The van der Waals surface area contributed by atoms with Crippen molar-refractivity contribution >= 4 is 44.6 Å². The summed E-state index contributed by atoms with van der Waals surface area (Å²) in [5, 5.41) is 12.2. The fourth-order valence-corrected chi connectivity index (χ4v) is 5.64. The first-order valence-electron chi connectivity index (χ1n) is 12.5. The lowest BCUT2D eigenvalue weighted by atomic mass is 10.1. The van der Waals surface area contributed by atoms with E-state index in [0.717, 1.165) is 17.5 Å². The minimum Gasteiger partial charge on any atom is -0.497 e. The van der Waals surface area contributed by atoms with Gasteiger partial charge in [0.1, 0.15) is 11.6 Å². The maximum absolute atomic E-state index is 12.9. The zero-order valence-electron chi connectivity index (χ0n) is 21.4. The normalized spacial score (nSPS) is 16.7. The summed E-state index contributed by atoms with van der Waals surface area (Å²) < 4.78 is 26.5. The van der Waals surface area contributed by atoms with E-state index < -0.39 is 9.73 Å². The van der Waals surface area contributed by atoms with Gasteiger partial charge < -0.3 is 26.0 Å². The summed E-state index contributed by atoms with van der Waals surface area (Å²) in [7, 11) is -1.30. The van der Waals surface area contributed by atoms with Crippen molar-refractivity contribution in [3.05, 3.63) is 79.0 Å². The molecule has 1 aliphatic rings. The molecule has 1 unspecified atom stereocenters. The molecule has 1 aromatic heterocycles. The van der Waals surface area contributed by atoms with Crippen LogP contribution in [0.25, 0.3) is 11.1 Å². The van der Waals surface area contributed by atoms with E-state index in [2.05, 4.69) is 26.3 Å². The number of ether oxygens (including phenoxy) is 1. The molecule has 0 spiro atoms. The minimum atomic E-state index is -2.87. The number of aromatic nitrogens is 2. The molecule has 0 aliphatic carbocycles. The number of carbonyl (C=O) groups is 1. The van der Waals surface area contributed by atoms with Crippen molar-refractivity contribution in [2.24, 2.45) is 0 Å². The number of fused-ring (bicyclic) bond motifs is 4. The maximum Gasteiger partial charge on any atom is 0.323 e. The molecule has 0 radical (unpaired) electrons. The number of benzene rings is 3. The van der Waals surface area contributed by atoms with E-state index in [4.69, 9.17) is 14.5 Å². The Morgan fingerprint density at radius 2 is 1.79 bits per heavy atom. The Hall–Kier alpha value is -4.64. The third kappa shape index (κ3) is 6.44. The topological polar surface area (TPSA) is 141 Å². The van der Waals surface area contributed by atoms with Crippen LogP contribution in [0.4, 0.5) is 33.6 Å². The Labute approximate surface area is 227 Å². The number of nitrogens with one attached hydrogen (secondary N) is 5. The second kappa shape index (κ2) is 11.4. The van der Waals surface area contributed by atoms with Crippen molar-refractivity contribution in [2.75, 3.05) is 40.7 Å². The molecular weight excluding hydrogens is 514 g/mol. The molecule has 4 bridgehead atoms. The molecule has 0 fully saturated rings. The van der Waals surface area contributed by atoms with Gasteiger partial charge in [0.15, 0.2) is 0 Å². The van der Waals surface area contributed by atoms with Gasteiger partial charge in [-0.1, -0.05) is 24.3 Å². The van der Waals surface area contributed by atoms with Crippen LogP contribution in [-0.2, 0) is 9.73 Å². The van der Waals surface area contributed by atoms with Crippen LogP contribution in [0.2, 0.25) is 0 Å². The molecule has 2 heterocycles. The van der Waals surface area contributed by atoms with Crippen LogP contribution in [0.3, 0.4) is 0 Å². The van der Waals surface area contributed by atoms with Gasteiger partial charge >= 0.3 is 6.03 Å². The first kappa shape index (κ1) is 26.0. The van der Waals surface area contributed by atoms with Crippen LogP contribution >= 0.6 is 0 Å². The molecule has 0 saturated carbocycles. The highest BCUT2D eigenvalue weighted by Gasteiger charge is 2.15. The molecule has 4 aromatic rings. The number of anilines is 5. The summed E-state index contributed by atoms with van der Waals surface area (Å²) in [6.07, 6.45) is 3.14. The summed E-state index contributed by atoms with van der Waals surface area (Å²) in [4.78, 5) is 22.1. The maximum atomic E-state index is 12.9. The first-order chi connectivity index (χ1) is 18.9. The number of methoxy groups -OCH3 is 1. The Bertz CT molecular complexity index is 1590. The van der Waals surface area contributed by atoms with Crippen molar-refractivity contribution in [1.29, 1.82) is 4.78 Å². The zero-order chi connectivity index (χ0) is 27.2. The number of carbonyl (C=O) groups excluding carboxylic acids is 1. The third-order valence-electron chi connectivity index (χ3n) is 6.19. The van der Waals surface area contributed by atoms with Crippen LogP contribution in [0, 0.1) is 4.78 Å². The van der Waals surface area contributed by atoms with Gasteiger partial charge in [0, 0.05) is 52.1 Å². The van der Waals surface area contributed by atoms with Crippen molar-refractivity contribution in [1.82, 2.24) is 9.97 Å². The lowest BCUT2D eigenvalue weighted by Gasteiger charge is -2.14. The van der Waals surface area contributed by atoms with Gasteiger partial charge in [-0.15, -0.1) is 0 Å². The first-order valence-corrected chi connectivity index (χ1v) is 14.2. The van der Waals surface area contributed by atoms with E-state index in [-0.39, 0.29) is 6.03 Å². The lowest BCUT2D eigenvalue weighted by Crippen LogP contribution is -2.19. The molecule has 200 valence electrons. The average molecular weight is 544 g/mol. The van der Waals surface area contributed by atoms with E-state index in [1.54, 1.807) is 55.8 Å². The minimum absolute atomic E-state index is 0.300. The van der Waals surface area contributed by atoms with Crippen molar-refractivity contribution < 1.29 is 13.7 Å². The number of hydrogen-bond donors (Lipinski definition) is 5.